The minimum Gasteiger partial charge on any atom is -0.342 e. The number of carbonyl (C=O) groups is 1. The number of fused-ring (bicyclic) bond motifs is 1. The van der Waals surface area contributed by atoms with Gasteiger partial charge in [-0.1, -0.05) is 36.4 Å². The lowest BCUT2D eigenvalue weighted by Crippen LogP contribution is -2.44. The molecule has 0 spiro atoms. The standard InChI is InChI=1S/C25H32N2O3S/c1-2-26(16-13-20-7-4-3-5-8-20)25(28)22-14-17-27(18-15-22)31(29,30)24-12-11-21-9-6-10-23(21)19-24/h3-5,7-8,11-12,19,22H,2,6,9-10,13-18H2,1H3. The Morgan fingerprint density at radius 1 is 1.03 bits per heavy atom. The number of sulfonamides is 1. The number of amides is 1. The third kappa shape index (κ3) is 4.85. The zero-order valence-corrected chi connectivity index (χ0v) is 19.1. The Kier molecular flexibility index (Phi) is 6.77. The van der Waals surface area contributed by atoms with Crippen LogP contribution < -0.4 is 0 Å². The van der Waals surface area contributed by atoms with E-state index in [1.165, 1.54) is 16.7 Å². The second-order valence-corrected chi connectivity index (χ2v) is 10.6. The van der Waals surface area contributed by atoms with Gasteiger partial charge in [0.25, 0.3) is 0 Å². The molecule has 1 aliphatic heterocycles. The summed E-state index contributed by atoms with van der Waals surface area (Å²) in [6.45, 7) is 4.21. The molecule has 31 heavy (non-hydrogen) atoms. The van der Waals surface area contributed by atoms with Crippen molar-refractivity contribution in [1.82, 2.24) is 9.21 Å². The van der Waals surface area contributed by atoms with Crippen LogP contribution in [-0.2, 0) is 34.1 Å². The quantitative estimate of drug-likeness (QED) is 0.660. The van der Waals surface area contributed by atoms with E-state index < -0.39 is 10.0 Å². The average molecular weight is 441 g/mol. The number of aryl methyl sites for hydroxylation is 2. The molecule has 2 aliphatic rings. The maximum atomic E-state index is 13.1. The summed E-state index contributed by atoms with van der Waals surface area (Å²) in [5.41, 5.74) is 3.67. The molecule has 0 saturated carbocycles. The van der Waals surface area contributed by atoms with Crippen LogP contribution in [0.5, 0.6) is 0 Å². The lowest BCUT2D eigenvalue weighted by molar-refractivity contribution is -0.136. The van der Waals surface area contributed by atoms with Crippen LogP contribution in [0.15, 0.2) is 53.4 Å². The van der Waals surface area contributed by atoms with Crippen molar-refractivity contribution >= 4 is 15.9 Å². The highest BCUT2D eigenvalue weighted by Crippen LogP contribution is 2.29. The molecule has 4 rings (SSSR count). The third-order valence-electron chi connectivity index (χ3n) is 6.72. The van der Waals surface area contributed by atoms with Gasteiger partial charge in [-0.25, -0.2) is 8.42 Å². The van der Waals surface area contributed by atoms with Crippen molar-refractivity contribution in [2.75, 3.05) is 26.2 Å². The average Bonchev–Trinajstić information content (AvgIpc) is 3.28. The molecule has 0 aromatic heterocycles. The van der Waals surface area contributed by atoms with Gasteiger partial charge in [0.1, 0.15) is 0 Å². The Morgan fingerprint density at radius 2 is 1.74 bits per heavy atom. The van der Waals surface area contributed by atoms with Gasteiger partial charge in [0.15, 0.2) is 0 Å². The SMILES string of the molecule is CCN(CCc1ccccc1)C(=O)C1CCN(S(=O)(=O)c2ccc3c(c2)CCC3)CC1. The van der Waals surface area contributed by atoms with Crippen molar-refractivity contribution in [3.63, 3.8) is 0 Å². The number of piperidine rings is 1. The monoisotopic (exact) mass is 440 g/mol. The summed E-state index contributed by atoms with van der Waals surface area (Å²) in [7, 11) is -3.50. The molecule has 1 amide bonds. The highest BCUT2D eigenvalue weighted by Gasteiger charge is 2.34. The van der Waals surface area contributed by atoms with Crippen LogP contribution in [0.3, 0.4) is 0 Å². The topological polar surface area (TPSA) is 57.7 Å². The fraction of sp³-hybridized carbons (Fsp3) is 0.480. The van der Waals surface area contributed by atoms with E-state index in [-0.39, 0.29) is 11.8 Å². The summed E-state index contributed by atoms with van der Waals surface area (Å²) in [6.07, 6.45) is 5.12. The zero-order chi connectivity index (χ0) is 21.8. The van der Waals surface area contributed by atoms with Gasteiger partial charge in [-0.3, -0.25) is 4.79 Å². The van der Waals surface area contributed by atoms with Crippen LogP contribution in [0.4, 0.5) is 0 Å². The van der Waals surface area contributed by atoms with E-state index in [0.717, 1.165) is 25.7 Å². The van der Waals surface area contributed by atoms with E-state index in [4.69, 9.17) is 0 Å². The molecule has 1 heterocycles. The highest BCUT2D eigenvalue weighted by atomic mass is 32.2. The van der Waals surface area contributed by atoms with E-state index in [0.29, 0.717) is 43.9 Å². The van der Waals surface area contributed by atoms with E-state index in [2.05, 4.69) is 12.1 Å². The zero-order valence-electron chi connectivity index (χ0n) is 18.3. The molecule has 5 nitrogen and oxygen atoms in total. The van der Waals surface area contributed by atoms with E-state index in [9.17, 15) is 13.2 Å². The molecule has 0 N–H and O–H groups in total. The van der Waals surface area contributed by atoms with Crippen molar-refractivity contribution in [2.24, 2.45) is 5.92 Å². The number of benzene rings is 2. The molecule has 0 atom stereocenters. The van der Waals surface area contributed by atoms with Crippen LogP contribution in [0.2, 0.25) is 0 Å². The van der Waals surface area contributed by atoms with E-state index >= 15 is 0 Å². The van der Waals surface area contributed by atoms with Gasteiger partial charge in [-0.05, 0) is 74.3 Å². The van der Waals surface area contributed by atoms with Crippen molar-refractivity contribution in [3.05, 3.63) is 65.2 Å². The van der Waals surface area contributed by atoms with Crippen LogP contribution in [-0.4, -0.2) is 49.7 Å². The summed E-state index contributed by atoms with van der Waals surface area (Å²) >= 11 is 0. The van der Waals surface area contributed by atoms with Crippen molar-refractivity contribution in [2.45, 2.75) is 50.3 Å². The van der Waals surface area contributed by atoms with Gasteiger partial charge >= 0.3 is 0 Å². The van der Waals surface area contributed by atoms with Gasteiger partial charge in [0, 0.05) is 32.1 Å². The summed E-state index contributed by atoms with van der Waals surface area (Å²) in [5.74, 6) is 0.0650. The molecule has 2 aromatic carbocycles. The molecule has 0 unspecified atom stereocenters. The van der Waals surface area contributed by atoms with E-state index in [1.54, 1.807) is 10.4 Å². The Labute approximate surface area is 186 Å². The lowest BCUT2D eigenvalue weighted by atomic mass is 9.96. The predicted molar refractivity (Wildman–Crippen MR) is 122 cm³/mol. The molecule has 1 saturated heterocycles. The normalized spacial score (nSPS) is 17.5. The van der Waals surface area contributed by atoms with Crippen molar-refractivity contribution in [3.8, 4) is 0 Å². The molecule has 0 bridgehead atoms. The molecular formula is C25H32N2O3S. The minimum atomic E-state index is -3.50. The molecule has 1 fully saturated rings. The number of rotatable bonds is 7. The summed E-state index contributed by atoms with van der Waals surface area (Å²) in [4.78, 5) is 15.4. The molecule has 1 aliphatic carbocycles. The first kappa shape index (κ1) is 22.0. The smallest absolute Gasteiger partial charge is 0.243 e. The van der Waals surface area contributed by atoms with Crippen LogP contribution in [0.25, 0.3) is 0 Å². The summed E-state index contributed by atoms with van der Waals surface area (Å²) in [6, 6.07) is 15.8. The fourth-order valence-electron chi connectivity index (χ4n) is 4.79. The highest BCUT2D eigenvalue weighted by molar-refractivity contribution is 7.89. The maximum Gasteiger partial charge on any atom is 0.243 e. The fourth-order valence-corrected chi connectivity index (χ4v) is 6.31. The maximum absolute atomic E-state index is 13.1. The van der Waals surface area contributed by atoms with Crippen molar-refractivity contribution in [1.29, 1.82) is 0 Å². The van der Waals surface area contributed by atoms with Crippen LogP contribution in [0, 0.1) is 5.92 Å². The van der Waals surface area contributed by atoms with Crippen LogP contribution >= 0.6 is 0 Å². The second-order valence-electron chi connectivity index (χ2n) is 8.62. The number of carbonyl (C=O) groups excluding carboxylic acids is 1. The van der Waals surface area contributed by atoms with E-state index in [1.807, 2.05) is 42.2 Å². The van der Waals surface area contributed by atoms with Gasteiger partial charge in [0.2, 0.25) is 15.9 Å². The first-order valence-electron chi connectivity index (χ1n) is 11.4. The van der Waals surface area contributed by atoms with Gasteiger partial charge in [-0.2, -0.15) is 4.31 Å². The largest absolute Gasteiger partial charge is 0.342 e. The van der Waals surface area contributed by atoms with Gasteiger partial charge in [0.05, 0.1) is 4.90 Å². The lowest BCUT2D eigenvalue weighted by Gasteiger charge is -2.33. The van der Waals surface area contributed by atoms with Gasteiger partial charge in [-0.15, -0.1) is 0 Å². The molecule has 0 radical (unpaired) electrons. The molecular weight excluding hydrogens is 408 g/mol. The first-order chi connectivity index (χ1) is 15.0. The van der Waals surface area contributed by atoms with Crippen molar-refractivity contribution < 1.29 is 13.2 Å². The Bertz CT molecular complexity index is 1010. The Morgan fingerprint density at radius 3 is 2.45 bits per heavy atom. The third-order valence-corrected chi connectivity index (χ3v) is 8.61. The summed E-state index contributed by atoms with van der Waals surface area (Å²) in [5, 5.41) is 0. The number of likely N-dealkylation sites (N-methyl/N-ethyl adjacent to an activating group) is 1. The first-order valence-corrected chi connectivity index (χ1v) is 12.9. The van der Waals surface area contributed by atoms with Crippen LogP contribution in [0.1, 0.15) is 42.9 Å². The van der Waals surface area contributed by atoms with Gasteiger partial charge < -0.3 is 4.90 Å². The molecule has 6 heteroatoms. The number of hydrogen-bond acceptors (Lipinski definition) is 3. The number of nitrogens with zero attached hydrogens (tertiary/aromatic N) is 2. The Balaban J connectivity index is 1.35. The molecule has 2 aromatic rings. The predicted octanol–water partition coefficient (Wildman–Crippen LogP) is 3.67. The second kappa shape index (κ2) is 9.53. The Hall–Kier alpha value is -2.18. The summed E-state index contributed by atoms with van der Waals surface area (Å²) < 4.78 is 27.9. The number of hydrogen-bond donors (Lipinski definition) is 0. The minimum absolute atomic E-state index is 0.0952. The molecule has 166 valence electrons.